The number of aromatic nitrogens is 7. The second-order valence-corrected chi connectivity index (χ2v) is 12.2. The average molecular weight is 642 g/mol. The highest BCUT2D eigenvalue weighted by Gasteiger charge is 2.20. The zero-order valence-corrected chi connectivity index (χ0v) is 26.7. The van der Waals surface area contributed by atoms with Crippen molar-refractivity contribution in [1.82, 2.24) is 34.1 Å². The highest BCUT2D eigenvalue weighted by atomic mass is 15.1. The van der Waals surface area contributed by atoms with E-state index in [1.54, 1.807) is 0 Å². The highest BCUT2D eigenvalue weighted by molar-refractivity contribution is 6.14. The number of benzene rings is 5. The summed E-state index contributed by atoms with van der Waals surface area (Å²) < 4.78 is 4.55. The molecule has 0 aliphatic heterocycles. The molecule has 0 saturated carbocycles. The van der Waals surface area contributed by atoms with Gasteiger partial charge in [0.05, 0.1) is 27.6 Å². The first kappa shape index (κ1) is 28.1. The van der Waals surface area contributed by atoms with Crippen LogP contribution in [0.3, 0.4) is 0 Å². The summed E-state index contributed by atoms with van der Waals surface area (Å²) in [4.78, 5) is 24.9. The van der Waals surface area contributed by atoms with E-state index in [-0.39, 0.29) is 0 Å². The van der Waals surface area contributed by atoms with Gasteiger partial charge in [0.2, 0.25) is 0 Å². The molecule has 0 unspecified atom stereocenters. The van der Waals surface area contributed by atoms with Crippen molar-refractivity contribution in [1.29, 1.82) is 0 Å². The Morgan fingerprint density at radius 2 is 0.840 bits per heavy atom. The van der Waals surface area contributed by atoms with Gasteiger partial charge in [0.1, 0.15) is 11.0 Å². The number of hydrogen-bond donors (Lipinski definition) is 0. The van der Waals surface area contributed by atoms with Crippen LogP contribution in [0.1, 0.15) is 0 Å². The average Bonchev–Trinajstić information content (AvgIpc) is 3.70. The van der Waals surface area contributed by atoms with Gasteiger partial charge in [-0.2, -0.15) is 0 Å². The maximum Gasteiger partial charge on any atom is 0.164 e. The van der Waals surface area contributed by atoms with Crippen molar-refractivity contribution in [2.45, 2.75) is 0 Å². The molecule has 0 N–H and O–H groups in total. The first-order valence-corrected chi connectivity index (χ1v) is 16.5. The van der Waals surface area contributed by atoms with Crippen molar-refractivity contribution in [3.05, 3.63) is 164 Å². The summed E-state index contributed by atoms with van der Waals surface area (Å²) >= 11 is 0. The Labute approximate surface area is 286 Å². The fraction of sp³-hybridized carbons (Fsp3) is 0. The first-order valence-electron chi connectivity index (χ1n) is 16.5. The minimum atomic E-state index is 0.620. The van der Waals surface area contributed by atoms with Gasteiger partial charge in [0.15, 0.2) is 17.5 Å². The number of pyridine rings is 2. The zero-order valence-electron chi connectivity index (χ0n) is 26.7. The van der Waals surface area contributed by atoms with Crippen LogP contribution in [0.2, 0.25) is 0 Å². The van der Waals surface area contributed by atoms with Gasteiger partial charge in [0.25, 0.3) is 0 Å². The van der Waals surface area contributed by atoms with E-state index in [4.69, 9.17) is 24.9 Å². The molecule has 10 aromatic rings. The molecular formula is C43H27N7. The summed E-state index contributed by atoms with van der Waals surface area (Å²) in [6.45, 7) is 0. The first-order chi connectivity index (χ1) is 24.8. The third-order valence-electron chi connectivity index (χ3n) is 9.21. The summed E-state index contributed by atoms with van der Waals surface area (Å²) in [5.41, 5.74) is 11.7. The van der Waals surface area contributed by atoms with Crippen molar-refractivity contribution in [3.8, 4) is 45.5 Å². The summed E-state index contributed by atoms with van der Waals surface area (Å²) in [5.74, 6) is 1.90. The van der Waals surface area contributed by atoms with Gasteiger partial charge in [-0.3, -0.25) is 4.98 Å². The predicted octanol–water partition coefficient (Wildman–Crippen LogP) is 9.86. The molecule has 0 saturated heterocycles. The van der Waals surface area contributed by atoms with Gasteiger partial charge >= 0.3 is 0 Å². The predicted molar refractivity (Wildman–Crippen MR) is 200 cm³/mol. The molecular weight excluding hydrogens is 615 g/mol. The molecule has 5 heterocycles. The van der Waals surface area contributed by atoms with Gasteiger partial charge in [-0.1, -0.05) is 97.1 Å². The van der Waals surface area contributed by atoms with Crippen LogP contribution >= 0.6 is 0 Å². The molecule has 0 bridgehead atoms. The van der Waals surface area contributed by atoms with E-state index in [0.29, 0.717) is 17.5 Å². The SMILES string of the molecule is c1ccc(-c2nc(-c3ccccc3)nc(-c3ccc(-n4c5ccccc5c5nc6c7ncccc7n(-c7ccccc7)c6cc54)cc3)n2)cc1. The second-order valence-electron chi connectivity index (χ2n) is 12.2. The van der Waals surface area contributed by atoms with Crippen molar-refractivity contribution in [3.63, 3.8) is 0 Å². The quantitative estimate of drug-likeness (QED) is 0.187. The minimum Gasteiger partial charge on any atom is -0.308 e. The van der Waals surface area contributed by atoms with E-state index < -0.39 is 0 Å². The van der Waals surface area contributed by atoms with Gasteiger partial charge in [-0.25, -0.2) is 19.9 Å². The maximum atomic E-state index is 5.34. The molecule has 0 radical (unpaired) electrons. The molecule has 0 atom stereocenters. The molecule has 0 aliphatic rings. The fourth-order valence-corrected chi connectivity index (χ4v) is 6.92. The molecule has 0 aliphatic carbocycles. The van der Waals surface area contributed by atoms with Gasteiger partial charge in [0, 0.05) is 39.6 Å². The number of fused-ring (bicyclic) bond motifs is 6. The van der Waals surface area contributed by atoms with E-state index >= 15 is 0 Å². The van der Waals surface area contributed by atoms with Crippen LogP contribution in [0.25, 0.3) is 89.5 Å². The standard InChI is InChI=1S/C43H27N7/c1-4-13-28(14-5-1)41-46-42(29-15-6-2-7-16-29)48-43(47-41)30-22-24-32(25-23-30)49-34-20-11-10-19-33(34)38-36(49)27-37-40(45-38)39-35(21-12-26-44-39)50(37)31-17-8-3-9-18-31/h1-27H. The number of rotatable bonds is 5. The molecule has 0 spiro atoms. The van der Waals surface area contributed by atoms with Crippen LogP contribution in [-0.4, -0.2) is 34.1 Å². The van der Waals surface area contributed by atoms with Crippen LogP contribution in [0, 0.1) is 0 Å². The lowest BCUT2D eigenvalue weighted by Gasteiger charge is -2.11. The van der Waals surface area contributed by atoms with E-state index in [9.17, 15) is 0 Å². The van der Waals surface area contributed by atoms with E-state index in [1.807, 2.05) is 79.0 Å². The lowest BCUT2D eigenvalue weighted by molar-refractivity contribution is 1.07. The summed E-state index contributed by atoms with van der Waals surface area (Å²) in [6.07, 6.45) is 1.84. The number of hydrogen-bond acceptors (Lipinski definition) is 5. The maximum absolute atomic E-state index is 5.34. The van der Waals surface area contributed by atoms with Crippen LogP contribution < -0.4 is 0 Å². The van der Waals surface area contributed by atoms with Crippen LogP contribution in [0.5, 0.6) is 0 Å². The third kappa shape index (κ3) is 4.48. The van der Waals surface area contributed by atoms with Crippen molar-refractivity contribution >= 4 is 44.0 Å². The van der Waals surface area contributed by atoms with Crippen LogP contribution in [0.4, 0.5) is 0 Å². The summed E-state index contributed by atoms with van der Waals surface area (Å²) in [5, 5.41) is 1.09. The Bertz CT molecular complexity index is 2780. The number of nitrogens with zero attached hydrogens (tertiary/aromatic N) is 7. The zero-order chi connectivity index (χ0) is 33.0. The van der Waals surface area contributed by atoms with Crippen LogP contribution in [0.15, 0.2) is 164 Å². The van der Waals surface area contributed by atoms with E-state index in [2.05, 4.69) is 94.1 Å². The van der Waals surface area contributed by atoms with Gasteiger partial charge in [-0.05, 0) is 60.7 Å². The summed E-state index contributed by atoms with van der Waals surface area (Å²) in [6, 6.07) is 53.7. The van der Waals surface area contributed by atoms with Crippen molar-refractivity contribution < 1.29 is 0 Å². The van der Waals surface area contributed by atoms with E-state index in [1.165, 1.54) is 0 Å². The Kier molecular flexibility index (Phi) is 6.35. The third-order valence-corrected chi connectivity index (χ3v) is 9.21. The summed E-state index contributed by atoms with van der Waals surface area (Å²) in [7, 11) is 0. The topological polar surface area (TPSA) is 74.3 Å². The molecule has 5 aromatic heterocycles. The molecule has 5 aromatic carbocycles. The normalized spacial score (nSPS) is 11.6. The molecule has 0 amide bonds. The largest absolute Gasteiger partial charge is 0.308 e. The second kappa shape index (κ2) is 11.3. The molecule has 7 nitrogen and oxygen atoms in total. The van der Waals surface area contributed by atoms with Crippen molar-refractivity contribution in [2.24, 2.45) is 0 Å². The van der Waals surface area contributed by atoms with Crippen molar-refractivity contribution in [2.75, 3.05) is 0 Å². The fourth-order valence-electron chi connectivity index (χ4n) is 6.92. The molecule has 50 heavy (non-hydrogen) atoms. The monoisotopic (exact) mass is 641 g/mol. The molecule has 234 valence electrons. The minimum absolute atomic E-state index is 0.620. The van der Waals surface area contributed by atoms with Crippen LogP contribution in [-0.2, 0) is 0 Å². The Morgan fingerprint density at radius 3 is 1.50 bits per heavy atom. The molecule has 7 heteroatoms. The Morgan fingerprint density at radius 1 is 0.340 bits per heavy atom. The molecule has 0 fully saturated rings. The Hall–Kier alpha value is -6.99. The smallest absolute Gasteiger partial charge is 0.164 e. The lowest BCUT2D eigenvalue weighted by atomic mass is 10.1. The van der Waals surface area contributed by atoms with E-state index in [0.717, 1.165) is 72.1 Å². The van der Waals surface area contributed by atoms with Gasteiger partial charge < -0.3 is 9.13 Å². The Balaban J connectivity index is 1.17. The lowest BCUT2D eigenvalue weighted by Crippen LogP contribution is -2.00. The highest BCUT2D eigenvalue weighted by Crippen LogP contribution is 2.37. The number of para-hydroxylation sites is 2. The van der Waals surface area contributed by atoms with Gasteiger partial charge in [-0.15, -0.1) is 0 Å². The molecule has 10 rings (SSSR count).